The van der Waals surface area contributed by atoms with Crippen molar-refractivity contribution in [3.05, 3.63) is 108 Å². The van der Waals surface area contributed by atoms with Gasteiger partial charge in [-0.3, -0.25) is 9.69 Å². The highest BCUT2D eigenvalue weighted by molar-refractivity contribution is 5.74. The number of likely N-dealkylation sites (tertiary alicyclic amines) is 1. The van der Waals surface area contributed by atoms with Gasteiger partial charge in [0.25, 0.3) is 0 Å². The van der Waals surface area contributed by atoms with Gasteiger partial charge in [-0.1, -0.05) is 91.0 Å². The van der Waals surface area contributed by atoms with Gasteiger partial charge in [-0.15, -0.1) is 0 Å². The summed E-state index contributed by atoms with van der Waals surface area (Å²) in [7, 11) is 0. The fourth-order valence-electron chi connectivity index (χ4n) is 4.84. The third-order valence-corrected chi connectivity index (χ3v) is 5.93. The Hall–Kier alpha value is -2.91. The van der Waals surface area contributed by atoms with Crippen LogP contribution in [0.5, 0.6) is 0 Å². The van der Waals surface area contributed by atoms with Gasteiger partial charge in [0.2, 0.25) is 5.91 Å². The number of benzene rings is 3. The second-order valence-electron chi connectivity index (χ2n) is 7.56. The van der Waals surface area contributed by atoms with E-state index in [-0.39, 0.29) is 17.4 Å². The van der Waals surface area contributed by atoms with Gasteiger partial charge >= 0.3 is 0 Å². The summed E-state index contributed by atoms with van der Waals surface area (Å²) in [5.41, 5.74) is 9.04. The zero-order chi connectivity index (χ0) is 19.4. The topological polar surface area (TPSA) is 46.3 Å². The molecule has 4 rings (SSSR count). The van der Waals surface area contributed by atoms with Gasteiger partial charge < -0.3 is 5.73 Å². The van der Waals surface area contributed by atoms with E-state index in [0.717, 1.165) is 19.5 Å². The first kappa shape index (κ1) is 18.5. The Morgan fingerprint density at radius 3 is 1.86 bits per heavy atom. The SMILES string of the molecule is NC(=O)CC1CCN(Cc2ccccc2)C1(c1ccccc1)c1ccccc1. The summed E-state index contributed by atoms with van der Waals surface area (Å²) in [6.07, 6.45) is 1.33. The summed E-state index contributed by atoms with van der Waals surface area (Å²) in [6.45, 7) is 1.76. The molecule has 142 valence electrons. The van der Waals surface area contributed by atoms with Crippen LogP contribution < -0.4 is 5.73 Å². The standard InChI is InChI=1S/C25H26N2O/c26-24(28)18-23-16-17-27(19-20-10-4-1-5-11-20)25(23,21-12-6-2-7-13-21)22-14-8-3-9-15-22/h1-15,23H,16-19H2,(H2,26,28). The zero-order valence-corrected chi connectivity index (χ0v) is 16.0. The second-order valence-corrected chi connectivity index (χ2v) is 7.56. The molecule has 3 nitrogen and oxygen atoms in total. The van der Waals surface area contributed by atoms with Crippen molar-refractivity contribution in [3.8, 4) is 0 Å². The van der Waals surface area contributed by atoms with E-state index in [4.69, 9.17) is 5.73 Å². The molecular weight excluding hydrogens is 344 g/mol. The Kier molecular flexibility index (Phi) is 5.27. The number of nitrogens with two attached hydrogens (primary N) is 1. The molecule has 3 aromatic carbocycles. The highest BCUT2D eigenvalue weighted by Crippen LogP contribution is 2.50. The lowest BCUT2D eigenvalue weighted by atomic mass is 9.72. The molecule has 0 bridgehead atoms. The van der Waals surface area contributed by atoms with Crippen LogP contribution in [0.4, 0.5) is 0 Å². The maximum atomic E-state index is 12.0. The number of nitrogens with zero attached hydrogens (tertiary/aromatic N) is 1. The first-order valence-electron chi connectivity index (χ1n) is 9.89. The van der Waals surface area contributed by atoms with Crippen molar-refractivity contribution < 1.29 is 4.79 Å². The minimum absolute atomic E-state index is 0.138. The predicted octanol–water partition coefficient (Wildman–Crippen LogP) is 4.33. The third-order valence-electron chi connectivity index (χ3n) is 5.93. The lowest BCUT2D eigenvalue weighted by Gasteiger charge is -2.44. The molecule has 1 aliphatic heterocycles. The predicted molar refractivity (Wildman–Crippen MR) is 112 cm³/mol. The Balaban J connectivity index is 1.88. The molecule has 1 atom stereocenters. The minimum atomic E-state index is -0.368. The Labute approximate surface area is 166 Å². The number of hydrogen-bond donors (Lipinski definition) is 1. The first-order valence-corrected chi connectivity index (χ1v) is 9.89. The highest BCUT2D eigenvalue weighted by Gasteiger charge is 2.51. The Morgan fingerprint density at radius 2 is 1.36 bits per heavy atom. The van der Waals surface area contributed by atoms with E-state index in [1.54, 1.807) is 0 Å². The van der Waals surface area contributed by atoms with Crippen molar-refractivity contribution in [3.63, 3.8) is 0 Å². The van der Waals surface area contributed by atoms with Crippen molar-refractivity contribution in [2.45, 2.75) is 24.9 Å². The van der Waals surface area contributed by atoms with Crippen LogP contribution in [0.1, 0.15) is 29.5 Å². The number of amides is 1. The first-order chi connectivity index (χ1) is 13.7. The van der Waals surface area contributed by atoms with Gasteiger partial charge in [-0.05, 0) is 29.0 Å². The van der Waals surface area contributed by atoms with Crippen molar-refractivity contribution >= 4 is 5.91 Å². The largest absolute Gasteiger partial charge is 0.370 e. The molecule has 1 heterocycles. The quantitative estimate of drug-likeness (QED) is 0.702. The molecule has 1 saturated heterocycles. The summed E-state index contributed by atoms with van der Waals surface area (Å²) in [4.78, 5) is 14.5. The lowest BCUT2D eigenvalue weighted by molar-refractivity contribution is -0.119. The third kappa shape index (κ3) is 3.34. The van der Waals surface area contributed by atoms with E-state index in [2.05, 4.69) is 77.7 Å². The number of rotatable bonds is 6. The van der Waals surface area contributed by atoms with Gasteiger partial charge in [0.15, 0.2) is 0 Å². The molecule has 1 unspecified atom stereocenters. The monoisotopic (exact) mass is 370 g/mol. The minimum Gasteiger partial charge on any atom is -0.370 e. The summed E-state index contributed by atoms with van der Waals surface area (Å²) in [5.74, 6) is -0.0960. The summed E-state index contributed by atoms with van der Waals surface area (Å²) < 4.78 is 0. The molecule has 3 heteroatoms. The summed E-state index contributed by atoms with van der Waals surface area (Å²) >= 11 is 0. The van der Waals surface area contributed by atoms with E-state index in [0.29, 0.717) is 6.42 Å². The van der Waals surface area contributed by atoms with Crippen molar-refractivity contribution in [1.82, 2.24) is 4.90 Å². The van der Waals surface area contributed by atoms with Crippen LogP contribution in [0.15, 0.2) is 91.0 Å². The van der Waals surface area contributed by atoms with Crippen LogP contribution >= 0.6 is 0 Å². The van der Waals surface area contributed by atoms with E-state index < -0.39 is 0 Å². The van der Waals surface area contributed by atoms with Gasteiger partial charge in [0.1, 0.15) is 0 Å². The van der Waals surface area contributed by atoms with Crippen molar-refractivity contribution in [1.29, 1.82) is 0 Å². The van der Waals surface area contributed by atoms with Crippen molar-refractivity contribution in [2.75, 3.05) is 6.54 Å². The van der Waals surface area contributed by atoms with Gasteiger partial charge in [-0.2, -0.15) is 0 Å². The van der Waals surface area contributed by atoms with Gasteiger partial charge in [0.05, 0.1) is 5.54 Å². The van der Waals surface area contributed by atoms with Gasteiger partial charge in [0, 0.05) is 19.5 Å². The zero-order valence-electron chi connectivity index (χ0n) is 16.0. The van der Waals surface area contributed by atoms with E-state index in [1.807, 2.05) is 18.2 Å². The molecule has 0 spiro atoms. The highest BCUT2D eigenvalue weighted by atomic mass is 16.1. The van der Waals surface area contributed by atoms with Crippen LogP contribution in [0, 0.1) is 5.92 Å². The molecule has 0 radical (unpaired) electrons. The van der Waals surface area contributed by atoms with E-state index >= 15 is 0 Å². The molecule has 1 aliphatic rings. The molecule has 0 aliphatic carbocycles. The molecule has 1 fully saturated rings. The molecule has 3 aromatic rings. The fraction of sp³-hybridized carbons (Fsp3) is 0.240. The summed E-state index contributed by atoms with van der Waals surface area (Å²) in [5, 5.41) is 0. The molecule has 0 saturated carbocycles. The number of carbonyl (C=O) groups excluding carboxylic acids is 1. The Morgan fingerprint density at radius 1 is 0.857 bits per heavy atom. The van der Waals surface area contributed by atoms with E-state index in [1.165, 1.54) is 16.7 Å². The maximum Gasteiger partial charge on any atom is 0.217 e. The second kappa shape index (κ2) is 7.99. The molecule has 2 N–H and O–H groups in total. The maximum absolute atomic E-state index is 12.0. The molecule has 1 amide bonds. The smallest absolute Gasteiger partial charge is 0.217 e. The average Bonchev–Trinajstić information content (AvgIpc) is 3.08. The summed E-state index contributed by atoms with van der Waals surface area (Å²) in [6, 6.07) is 31.7. The van der Waals surface area contributed by atoms with Crippen LogP contribution in [0.2, 0.25) is 0 Å². The number of carbonyl (C=O) groups is 1. The van der Waals surface area contributed by atoms with Gasteiger partial charge in [-0.25, -0.2) is 0 Å². The molecule has 28 heavy (non-hydrogen) atoms. The van der Waals surface area contributed by atoms with E-state index in [9.17, 15) is 4.79 Å². The lowest BCUT2D eigenvalue weighted by Crippen LogP contribution is -2.46. The van der Waals surface area contributed by atoms with Crippen LogP contribution in [0.3, 0.4) is 0 Å². The average molecular weight is 370 g/mol. The fourth-order valence-corrected chi connectivity index (χ4v) is 4.84. The van der Waals surface area contributed by atoms with Crippen LogP contribution in [-0.2, 0) is 16.9 Å². The molecule has 0 aromatic heterocycles. The number of hydrogen-bond acceptors (Lipinski definition) is 2. The van der Waals surface area contributed by atoms with Crippen molar-refractivity contribution in [2.24, 2.45) is 11.7 Å². The van der Waals surface area contributed by atoms with Crippen LogP contribution in [0.25, 0.3) is 0 Å². The molecular formula is C25H26N2O. The normalized spacial score (nSPS) is 18.8. The van der Waals surface area contributed by atoms with Crippen LogP contribution in [-0.4, -0.2) is 17.4 Å². The Bertz CT molecular complexity index is 870. The number of primary amides is 1.